The highest BCUT2D eigenvalue weighted by molar-refractivity contribution is 4.55. The van der Waals surface area contributed by atoms with E-state index in [4.69, 9.17) is 4.74 Å². The molecular weight excluding hydrogens is 124 g/mol. The normalized spacial score (nSPS) is 13.5. The van der Waals surface area contributed by atoms with Gasteiger partial charge in [-0.2, -0.15) is 0 Å². The van der Waals surface area contributed by atoms with Crippen molar-refractivity contribution in [2.45, 2.75) is 45.6 Å². The molecule has 0 aromatic rings. The first kappa shape index (κ1) is 9.96. The van der Waals surface area contributed by atoms with Crippen molar-refractivity contribution in [3.8, 4) is 0 Å². The maximum atomic E-state index is 5.47. The largest absolute Gasteiger partial charge is 0.379 e. The van der Waals surface area contributed by atoms with Crippen LogP contribution in [-0.4, -0.2) is 12.7 Å². The molecule has 0 aromatic carbocycles. The van der Waals surface area contributed by atoms with Gasteiger partial charge >= 0.3 is 0 Å². The average molecular weight is 143 g/mol. The van der Waals surface area contributed by atoms with Crippen LogP contribution >= 0.6 is 0 Å². The van der Waals surface area contributed by atoms with Gasteiger partial charge in [0.15, 0.2) is 0 Å². The molecule has 1 heteroatoms. The summed E-state index contributed by atoms with van der Waals surface area (Å²) >= 11 is 0. The van der Waals surface area contributed by atoms with Crippen LogP contribution in [0.25, 0.3) is 0 Å². The van der Waals surface area contributed by atoms with Gasteiger partial charge in [-0.15, -0.1) is 0 Å². The van der Waals surface area contributed by atoms with Gasteiger partial charge in [-0.1, -0.05) is 26.7 Å². The molecule has 0 amide bonds. The van der Waals surface area contributed by atoms with Crippen molar-refractivity contribution in [1.29, 1.82) is 0 Å². The van der Waals surface area contributed by atoms with E-state index in [1.54, 1.807) is 0 Å². The zero-order valence-corrected chi connectivity index (χ0v) is 7.23. The van der Waals surface area contributed by atoms with Crippen molar-refractivity contribution < 1.29 is 4.74 Å². The van der Waals surface area contributed by atoms with Gasteiger partial charge in [-0.25, -0.2) is 0 Å². The standard InChI is InChI=1S/C9H19O/c1-4-7-8-9(5-2)10-6-3/h9H,1,4-8H2,2-3H3. The minimum Gasteiger partial charge on any atom is -0.379 e. The fourth-order valence-electron chi connectivity index (χ4n) is 1.01. The first-order valence-corrected chi connectivity index (χ1v) is 4.26. The molecule has 0 N–H and O–H groups in total. The predicted octanol–water partition coefficient (Wildman–Crippen LogP) is 2.81. The van der Waals surface area contributed by atoms with E-state index in [1.807, 2.05) is 6.92 Å². The van der Waals surface area contributed by atoms with Crippen molar-refractivity contribution in [1.82, 2.24) is 0 Å². The number of hydrogen-bond donors (Lipinski definition) is 0. The van der Waals surface area contributed by atoms with Crippen molar-refractivity contribution in [3.63, 3.8) is 0 Å². The smallest absolute Gasteiger partial charge is 0.0572 e. The van der Waals surface area contributed by atoms with Gasteiger partial charge in [-0.3, -0.25) is 0 Å². The second-order valence-corrected chi connectivity index (χ2v) is 2.48. The SMILES string of the molecule is [CH2]CCCC(CC)OCC. The Bertz CT molecular complexity index is 61.7. The summed E-state index contributed by atoms with van der Waals surface area (Å²) in [6.45, 7) is 8.86. The molecular formula is C9H19O. The lowest BCUT2D eigenvalue weighted by molar-refractivity contribution is 0.0530. The van der Waals surface area contributed by atoms with E-state index < -0.39 is 0 Å². The van der Waals surface area contributed by atoms with E-state index in [9.17, 15) is 0 Å². The van der Waals surface area contributed by atoms with Crippen LogP contribution < -0.4 is 0 Å². The zero-order valence-electron chi connectivity index (χ0n) is 7.23. The molecule has 1 radical (unpaired) electrons. The topological polar surface area (TPSA) is 9.23 Å². The molecule has 1 nitrogen and oxygen atoms in total. The van der Waals surface area contributed by atoms with Crippen LogP contribution in [0.2, 0.25) is 0 Å². The maximum absolute atomic E-state index is 5.47. The maximum Gasteiger partial charge on any atom is 0.0572 e. The van der Waals surface area contributed by atoms with Crippen molar-refractivity contribution in [2.24, 2.45) is 0 Å². The molecule has 0 rings (SSSR count). The lowest BCUT2D eigenvalue weighted by Crippen LogP contribution is -2.10. The summed E-state index contributed by atoms with van der Waals surface area (Å²) in [6, 6.07) is 0. The summed E-state index contributed by atoms with van der Waals surface area (Å²) in [5.41, 5.74) is 0. The summed E-state index contributed by atoms with van der Waals surface area (Å²) in [5.74, 6) is 0. The predicted molar refractivity (Wildman–Crippen MR) is 44.9 cm³/mol. The highest BCUT2D eigenvalue weighted by Crippen LogP contribution is 2.07. The number of rotatable bonds is 6. The average Bonchev–Trinajstić information content (AvgIpc) is 1.98. The van der Waals surface area contributed by atoms with Gasteiger partial charge in [0, 0.05) is 6.61 Å². The van der Waals surface area contributed by atoms with Crippen LogP contribution in [0.1, 0.15) is 39.5 Å². The third kappa shape index (κ3) is 4.80. The van der Waals surface area contributed by atoms with E-state index in [0.29, 0.717) is 6.10 Å². The lowest BCUT2D eigenvalue weighted by Gasteiger charge is -2.13. The molecule has 0 saturated carbocycles. The second kappa shape index (κ2) is 7.07. The van der Waals surface area contributed by atoms with E-state index in [-0.39, 0.29) is 0 Å². The number of ether oxygens (including phenoxy) is 1. The Labute approximate surface area is 64.8 Å². The van der Waals surface area contributed by atoms with Crippen LogP contribution in [0.5, 0.6) is 0 Å². The molecule has 1 unspecified atom stereocenters. The number of hydrogen-bond acceptors (Lipinski definition) is 1. The first-order chi connectivity index (χ1) is 4.85. The van der Waals surface area contributed by atoms with Gasteiger partial charge in [0.25, 0.3) is 0 Å². The monoisotopic (exact) mass is 143 g/mol. The van der Waals surface area contributed by atoms with Crippen LogP contribution in [0, 0.1) is 6.92 Å². The van der Waals surface area contributed by atoms with Gasteiger partial charge in [-0.05, 0) is 19.8 Å². The summed E-state index contributed by atoms with van der Waals surface area (Å²) in [7, 11) is 0. The van der Waals surface area contributed by atoms with Crippen molar-refractivity contribution >= 4 is 0 Å². The Morgan fingerprint density at radius 2 is 2.10 bits per heavy atom. The fraction of sp³-hybridized carbons (Fsp3) is 0.889. The van der Waals surface area contributed by atoms with E-state index in [1.165, 1.54) is 12.8 Å². The molecule has 10 heavy (non-hydrogen) atoms. The van der Waals surface area contributed by atoms with Gasteiger partial charge in [0.05, 0.1) is 6.10 Å². The third-order valence-electron chi connectivity index (χ3n) is 1.63. The molecule has 0 spiro atoms. The van der Waals surface area contributed by atoms with Crippen LogP contribution in [0.3, 0.4) is 0 Å². The first-order valence-electron chi connectivity index (χ1n) is 4.26. The van der Waals surface area contributed by atoms with Gasteiger partial charge in [0.1, 0.15) is 0 Å². The molecule has 1 atom stereocenters. The van der Waals surface area contributed by atoms with Crippen LogP contribution in [0.4, 0.5) is 0 Å². The fourth-order valence-corrected chi connectivity index (χ4v) is 1.01. The van der Waals surface area contributed by atoms with E-state index in [0.717, 1.165) is 19.4 Å². The summed E-state index contributed by atoms with van der Waals surface area (Å²) in [4.78, 5) is 0. The molecule has 0 aliphatic heterocycles. The van der Waals surface area contributed by atoms with Crippen molar-refractivity contribution in [2.75, 3.05) is 6.61 Å². The Hall–Kier alpha value is -0.0400. The summed E-state index contributed by atoms with van der Waals surface area (Å²) in [6.07, 6.45) is 5.01. The minimum atomic E-state index is 0.478. The Kier molecular flexibility index (Phi) is 7.04. The second-order valence-electron chi connectivity index (χ2n) is 2.48. The molecule has 0 heterocycles. The van der Waals surface area contributed by atoms with Gasteiger partial charge < -0.3 is 4.74 Å². The number of unbranched alkanes of at least 4 members (excludes halogenated alkanes) is 1. The Morgan fingerprint density at radius 3 is 2.50 bits per heavy atom. The molecule has 0 aromatic heterocycles. The highest BCUT2D eigenvalue weighted by Gasteiger charge is 2.02. The molecule has 0 saturated heterocycles. The molecule has 0 aliphatic carbocycles. The Balaban J connectivity index is 3.21. The van der Waals surface area contributed by atoms with E-state index in [2.05, 4.69) is 13.8 Å². The molecule has 61 valence electrons. The van der Waals surface area contributed by atoms with E-state index >= 15 is 0 Å². The third-order valence-corrected chi connectivity index (χ3v) is 1.63. The molecule has 0 aliphatic rings. The van der Waals surface area contributed by atoms with Crippen molar-refractivity contribution in [3.05, 3.63) is 6.92 Å². The highest BCUT2D eigenvalue weighted by atomic mass is 16.5. The lowest BCUT2D eigenvalue weighted by atomic mass is 10.1. The summed E-state index contributed by atoms with van der Waals surface area (Å²) in [5, 5.41) is 0. The Morgan fingerprint density at radius 1 is 1.40 bits per heavy atom. The molecule has 0 fully saturated rings. The molecule has 0 bridgehead atoms. The zero-order chi connectivity index (χ0) is 7.82. The summed E-state index contributed by atoms with van der Waals surface area (Å²) < 4.78 is 5.47. The van der Waals surface area contributed by atoms with Gasteiger partial charge in [0.2, 0.25) is 0 Å². The van der Waals surface area contributed by atoms with Crippen LogP contribution in [-0.2, 0) is 4.74 Å². The quantitative estimate of drug-likeness (QED) is 0.555. The minimum absolute atomic E-state index is 0.478. The van der Waals surface area contributed by atoms with Crippen LogP contribution in [0.15, 0.2) is 0 Å².